The van der Waals surface area contributed by atoms with E-state index in [1.807, 2.05) is 47.1 Å². The summed E-state index contributed by atoms with van der Waals surface area (Å²) < 4.78 is 22.9. The third-order valence-electron chi connectivity index (χ3n) is 7.00. The van der Waals surface area contributed by atoms with Crippen molar-refractivity contribution < 1.29 is 28.7 Å². The average Bonchev–Trinajstić information content (AvgIpc) is 3.04. The highest BCUT2D eigenvalue weighted by Gasteiger charge is 2.19. The third-order valence-corrected chi connectivity index (χ3v) is 7.00. The molecule has 3 aromatic rings. The van der Waals surface area contributed by atoms with Crippen LogP contribution in [-0.4, -0.2) is 70.7 Å². The molecule has 1 aliphatic rings. The number of nitro benzene ring substituents is 1. The van der Waals surface area contributed by atoms with Gasteiger partial charge in [0, 0.05) is 19.2 Å². The van der Waals surface area contributed by atoms with E-state index in [-0.39, 0.29) is 37.7 Å². The molecule has 12 nitrogen and oxygen atoms in total. The zero-order chi connectivity index (χ0) is 32.2. The summed E-state index contributed by atoms with van der Waals surface area (Å²) in [5.74, 6) is 0.476. The summed E-state index contributed by atoms with van der Waals surface area (Å²) >= 11 is 0. The molecule has 0 N–H and O–H groups in total. The molecular formula is C33H33N5O7. The van der Waals surface area contributed by atoms with Gasteiger partial charge in [-0.15, -0.1) is 0 Å². The minimum atomic E-state index is -0.663. The van der Waals surface area contributed by atoms with Gasteiger partial charge in [-0.2, -0.15) is 5.26 Å². The summed E-state index contributed by atoms with van der Waals surface area (Å²) in [6.07, 6.45) is 3.30. The summed E-state index contributed by atoms with van der Waals surface area (Å²) in [4.78, 5) is 30.4. The molecule has 0 bridgehead atoms. The van der Waals surface area contributed by atoms with E-state index in [2.05, 4.69) is 15.7 Å². The number of aryl methyl sites for hydroxylation is 1. The van der Waals surface area contributed by atoms with E-state index in [1.54, 1.807) is 18.2 Å². The number of nitrogens with zero attached hydrogens (tertiary/aromatic N) is 5. The zero-order valence-electron chi connectivity index (χ0n) is 25.1. The van der Waals surface area contributed by atoms with Gasteiger partial charge in [0.25, 0.3) is 12.4 Å². The number of ether oxygens (including phenoxy) is 4. The topological polar surface area (TPSA) is 132 Å². The van der Waals surface area contributed by atoms with Crippen LogP contribution in [0.15, 0.2) is 54.6 Å². The number of rotatable bonds is 6. The molecule has 12 heteroatoms. The molecule has 0 radical (unpaired) electrons. The fourth-order valence-electron chi connectivity index (χ4n) is 4.76. The van der Waals surface area contributed by atoms with Gasteiger partial charge in [-0.25, -0.2) is 11.4 Å². The fraction of sp³-hybridized carbons (Fsp3) is 0.303. The zero-order valence-corrected chi connectivity index (χ0v) is 25.1. The van der Waals surface area contributed by atoms with Gasteiger partial charge in [-0.05, 0) is 60.5 Å². The second kappa shape index (κ2) is 15.8. The first-order valence-corrected chi connectivity index (χ1v) is 14.2. The monoisotopic (exact) mass is 611 g/mol. The van der Waals surface area contributed by atoms with Crippen LogP contribution < -0.4 is 19.3 Å². The maximum absolute atomic E-state index is 11.9. The van der Waals surface area contributed by atoms with Gasteiger partial charge >= 0.3 is 5.97 Å². The Kier molecular flexibility index (Phi) is 11.3. The van der Waals surface area contributed by atoms with Crippen LogP contribution in [-0.2, 0) is 9.47 Å². The van der Waals surface area contributed by atoms with E-state index in [4.69, 9.17) is 20.8 Å². The Labute approximate surface area is 261 Å². The summed E-state index contributed by atoms with van der Waals surface area (Å²) in [6, 6.07) is 17.6. The highest BCUT2D eigenvalue weighted by atomic mass is 16.6. The highest BCUT2D eigenvalue weighted by Crippen LogP contribution is 2.33. The number of esters is 1. The number of hydrogen-bond donors (Lipinski definition) is 0. The molecule has 3 aromatic carbocycles. The van der Waals surface area contributed by atoms with Crippen LogP contribution in [0.4, 0.5) is 17.1 Å². The first-order chi connectivity index (χ1) is 21.8. The van der Waals surface area contributed by atoms with Crippen molar-refractivity contribution in [2.75, 3.05) is 69.6 Å². The second-order valence-electron chi connectivity index (χ2n) is 10.0. The lowest BCUT2D eigenvalue weighted by Gasteiger charge is -2.24. The number of carbonyl (C=O) groups excluding carboxylic acids is 1. The van der Waals surface area contributed by atoms with E-state index in [9.17, 15) is 20.2 Å². The van der Waals surface area contributed by atoms with E-state index < -0.39 is 10.9 Å². The number of benzene rings is 3. The van der Waals surface area contributed by atoms with Crippen LogP contribution in [0.25, 0.3) is 17.0 Å². The first kappa shape index (κ1) is 32.3. The SMILES string of the molecule is [C-]#[N+]CN1CCOCCN(CC#N)c2ccc(C)cc2OCCOc2cc(C=Cc3ccc(C(=O)OC)cc3[N+](=O)[O-])ccc21. The summed E-state index contributed by atoms with van der Waals surface area (Å²) in [5, 5.41) is 21.1. The first-order valence-electron chi connectivity index (χ1n) is 14.2. The van der Waals surface area contributed by atoms with Crippen molar-refractivity contribution >= 4 is 35.2 Å². The minimum absolute atomic E-state index is 0.0788. The van der Waals surface area contributed by atoms with Crippen LogP contribution >= 0.6 is 0 Å². The second-order valence-corrected chi connectivity index (χ2v) is 10.0. The molecule has 0 atom stereocenters. The lowest BCUT2D eigenvalue weighted by Crippen LogP contribution is -2.31. The maximum Gasteiger partial charge on any atom is 0.338 e. The Morgan fingerprint density at radius 1 is 1.02 bits per heavy atom. The summed E-state index contributed by atoms with van der Waals surface area (Å²) in [6.45, 7) is 11.8. The van der Waals surface area contributed by atoms with Gasteiger partial charge < -0.3 is 23.8 Å². The van der Waals surface area contributed by atoms with E-state index in [0.717, 1.165) is 11.3 Å². The molecule has 0 saturated heterocycles. The summed E-state index contributed by atoms with van der Waals surface area (Å²) in [7, 11) is 1.21. The summed E-state index contributed by atoms with van der Waals surface area (Å²) in [5.41, 5.74) is 3.35. The molecule has 232 valence electrons. The van der Waals surface area contributed by atoms with Crippen LogP contribution in [0.2, 0.25) is 0 Å². The third kappa shape index (κ3) is 8.50. The molecule has 1 aliphatic heterocycles. The molecular weight excluding hydrogens is 578 g/mol. The van der Waals surface area contributed by atoms with Gasteiger partial charge in [0.2, 0.25) is 0 Å². The number of nitriles is 1. The van der Waals surface area contributed by atoms with Gasteiger partial charge in [0.1, 0.15) is 31.3 Å². The van der Waals surface area contributed by atoms with E-state index >= 15 is 0 Å². The Morgan fingerprint density at radius 2 is 1.71 bits per heavy atom. The van der Waals surface area contributed by atoms with Crippen LogP contribution in [0.1, 0.15) is 27.0 Å². The predicted octanol–water partition coefficient (Wildman–Crippen LogP) is 5.36. The van der Waals surface area contributed by atoms with E-state index in [1.165, 1.54) is 25.3 Å². The molecule has 0 fully saturated rings. The number of fused-ring (bicyclic) bond motifs is 2. The Balaban J connectivity index is 1.63. The molecule has 0 unspecified atom stereocenters. The lowest BCUT2D eigenvalue weighted by molar-refractivity contribution is -0.385. The van der Waals surface area contributed by atoms with Crippen molar-refractivity contribution in [2.24, 2.45) is 0 Å². The molecule has 0 aromatic heterocycles. The van der Waals surface area contributed by atoms with Gasteiger partial charge in [-0.3, -0.25) is 19.9 Å². The minimum Gasteiger partial charge on any atom is -0.488 e. The number of anilines is 2. The Morgan fingerprint density at radius 3 is 2.40 bits per heavy atom. The van der Waals surface area contributed by atoms with Crippen molar-refractivity contribution in [1.29, 1.82) is 5.26 Å². The molecule has 0 aliphatic carbocycles. The Bertz CT molecular complexity index is 1640. The van der Waals surface area contributed by atoms with Crippen molar-refractivity contribution in [3.05, 3.63) is 98.4 Å². The van der Waals surface area contributed by atoms with Gasteiger partial charge in [0.15, 0.2) is 0 Å². The lowest BCUT2D eigenvalue weighted by atomic mass is 10.1. The van der Waals surface area contributed by atoms with E-state index in [0.29, 0.717) is 54.6 Å². The molecule has 0 spiro atoms. The number of hydrogen-bond acceptors (Lipinski definition) is 10. The van der Waals surface area contributed by atoms with Crippen LogP contribution in [0, 0.1) is 34.9 Å². The van der Waals surface area contributed by atoms with Crippen molar-refractivity contribution in [2.45, 2.75) is 6.92 Å². The molecule has 45 heavy (non-hydrogen) atoms. The quantitative estimate of drug-likeness (QED) is 0.0896. The van der Waals surface area contributed by atoms with Crippen molar-refractivity contribution in [3.8, 4) is 17.6 Å². The van der Waals surface area contributed by atoms with Crippen LogP contribution in [0.3, 0.4) is 0 Å². The highest BCUT2D eigenvalue weighted by molar-refractivity contribution is 5.91. The smallest absolute Gasteiger partial charge is 0.338 e. The number of nitro groups is 1. The normalized spacial score (nSPS) is 14.0. The molecule has 0 amide bonds. The van der Waals surface area contributed by atoms with Gasteiger partial charge in [0.05, 0.1) is 53.8 Å². The number of carbonyl (C=O) groups is 1. The molecule has 1 heterocycles. The predicted molar refractivity (Wildman–Crippen MR) is 169 cm³/mol. The largest absolute Gasteiger partial charge is 0.488 e. The maximum atomic E-state index is 11.9. The molecule has 4 rings (SSSR count). The fourth-order valence-corrected chi connectivity index (χ4v) is 4.76. The van der Waals surface area contributed by atoms with Gasteiger partial charge in [-0.1, -0.05) is 18.2 Å². The van der Waals surface area contributed by atoms with Crippen molar-refractivity contribution in [1.82, 2.24) is 0 Å². The number of methoxy groups -OCH3 is 1. The average molecular weight is 612 g/mol. The Hall–Kier alpha value is -5.59. The van der Waals surface area contributed by atoms with Crippen molar-refractivity contribution in [3.63, 3.8) is 0 Å². The molecule has 0 saturated carbocycles. The standard InChI is InChI=1S/C33H33N5O7/c1-24-4-10-28-31(20-24)44-18-19-45-32-21-25(5-7-26-8-9-27(33(39)42-3)22-30(26)38(40)41)6-11-29(32)37(23-35-2)15-17-43-16-14-36(28)13-12-34/h4-11,20-22H,13-19,23H2,1,3H3. The van der Waals surface area contributed by atoms with Crippen LogP contribution in [0.5, 0.6) is 11.5 Å².